The zero-order chi connectivity index (χ0) is 14.5. The highest BCUT2D eigenvalue weighted by Crippen LogP contribution is 2.17. The van der Waals surface area contributed by atoms with Gasteiger partial charge in [0, 0.05) is 12.1 Å². The molecule has 110 valence electrons. The molecule has 2 unspecified atom stereocenters. The third kappa shape index (κ3) is 4.00. The van der Waals surface area contributed by atoms with Crippen molar-refractivity contribution in [3.8, 4) is 0 Å². The number of amides is 1. The quantitative estimate of drug-likeness (QED) is 0.836. The van der Waals surface area contributed by atoms with Crippen LogP contribution >= 0.6 is 0 Å². The number of nitrogens with one attached hydrogen (secondary N) is 1. The van der Waals surface area contributed by atoms with Gasteiger partial charge < -0.3 is 11.1 Å². The molecule has 0 radical (unpaired) electrons. The van der Waals surface area contributed by atoms with Crippen molar-refractivity contribution in [3.63, 3.8) is 0 Å². The predicted octanol–water partition coefficient (Wildman–Crippen LogP) is 2.28. The van der Waals surface area contributed by atoms with Gasteiger partial charge in [0.1, 0.15) is 0 Å². The van der Waals surface area contributed by atoms with Gasteiger partial charge >= 0.3 is 0 Å². The minimum atomic E-state index is -0.929. The monoisotopic (exact) mass is 282 g/mol. The Labute approximate surface area is 117 Å². The molecule has 0 aromatic heterocycles. The zero-order valence-corrected chi connectivity index (χ0v) is 11.4. The Morgan fingerprint density at radius 1 is 1.20 bits per heavy atom. The molecule has 20 heavy (non-hydrogen) atoms. The number of nitrogens with two attached hydrogens (primary N) is 1. The van der Waals surface area contributed by atoms with Crippen LogP contribution in [0, 0.1) is 11.6 Å². The molecule has 0 spiro atoms. The molecule has 1 saturated carbocycles. The van der Waals surface area contributed by atoms with Crippen LogP contribution in [0.5, 0.6) is 0 Å². The fraction of sp³-hybridized carbons (Fsp3) is 0.533. The second-order valence-electron chi connectivity index (χ2n) is 5.40. The maximum absolute atomic E-state index is 13.1. The average Bonchev–Trinajstić information content (AvgIpc) is 2.59. The minimum Gasteiger partial charge on any atom is -0.352 e. The second-order valence-corrected chi connectivity index (χ2v) is 5.40. The predicted molar refractivity (Wildman–Crippen MR) is 73.1 cm³/mol. The highest BCUT2D eigenvalue weighted by atomic mass is 19.2. The molecule has 0 heterocycles. The molecule has 3 nitrogen and oxygen atoms in total. The van der Waals surface area contributed by atoms with Crippen LogP contribution in [0.3, 0.4) is 0 Å². The first-order valence-corrected chi connectivity index (χ1v) is 7.05. The van der Waals surface area contributed by atoms with E-state index in [0.717, 1.165) is 44.2 Å². The Morgan fingerprint density at radius 3 is 2.70 bits per heavy atom. The van der Waals surface area contributed by atoms with Crippen LogP contribution in [0.4, 0.5) is 8.78 Å². The van der Waals surface area contributed by atoms with Crippen LogP contribution < -0.4 is 11.1 Å². The second kappa shape index (κ2) is 6.79. The molecule has 0 aliphatic heterocycles. The van der Waals surface area contributed by atoms with E-state index in [0.29, 0.717) is 5.56 Å². The third-order valence-corrected chi connectivity index (χ3v) is 3.76. The molecule has 1 aromatic rings. The number of benzene rings is 1. The van der Waals surface area contributed by atoms with Crippen molar-refractivity contribution >= 4 is 5.91 Å². The number of rotatable bonds is 3. The largest absolute Gasteiger partial charge is 0.352 e. The van der Waals surface area contributed by atoms with Crippen molar-refractivity contribution in [1.82, 2.24) is 5.32 Å². The van der Waals surface area contributed by atoms with Crippen LogP contribution in [-0.2, 0) is 11.2 Å². The first-order valence-electron chi connectivity index (χ1n) is 7.05. The van der Waals surface area contributed by atoms with Gasteiger partial charge in [-0.3, -0.25) is 4.79 Å². The maximum atomic E-state index is 13.1. The van der Waals surface area contributed by atoms with Gasteiger partial charge in [0.15, 0.2) is 11.6 Å². The summed E-state index contributed by atoms with van der Waals surface area (Å²) in [6.45, 7) is 0. The summed E-state index contributed by atoms with van der Waals surface area (Å²) in [6, 6.07) is 3.48. The van der Waals surface area contributed by atoms with Crippen LogP contribution in [0.2, 0.25) is 0 Å². The van der Waals surface area contributed by atoms with Crippen molar-refractivity contribution < 1.29 is 13.6 Å². The van der Waals surface area contributed by atoms with Crippen LogP contribution in [0.25, 0.3) is 0 Å². The summed E-state index contributed by atoms with van der Waals surface area (Å²) in [7, 11) is 0. The van der Waals surface area contributed by atoms with Gasteiger partial charge in [0.05, 0.1) is 6.42 Å². The Morgan fingerprint density at radius 2 is 1.95 bits per heavy atom. The molecule has 1 aliphatic carbocycles. The molecule has 1 amide bonds. The highest BCUT2D eigenvalue weighted by Gasteiger charge is 2.22. The van der Waals surface area contributed by atoms with E-state index in [-0.39, 0.29) is 24.4 Å². The van der Waals surface area contributed by atoms with Gasteiger partial charge in [0.2, 0.25) is 5.91 Å². The molecule has 1 aliphatic rings. The van der Waals surface area contributed by atoms with E-state index in [1.807, 2.05) is 0 Å². The Balaban J connectivity index is 1.92. The van der Waals surface area contributed by atoms with Gasteiger partial charge in [-0.05, 0) is 30.5 Å². The van der Waals surface area contributed by atoms with Gasteiger partial charge in [0.25, 0.3) is 0 Å². The molecular weight excluding hydrogens is 262 g/mol. The van der Waals surface area contributed by atoms with E-state index in [2.05, 4.69) is 5.32 Å². The smallest absolute Gasteiger partial charge is 0.224 e. The summed E-state index contributed by atoms with van der Waals surface area (Å²) in [4.78, 5) is 12.0. The number of carbonyl (C=O) groups excluding carboxylic acids is 1. The summed E-state index contributed by atoms with van der Waals surface area (Å²) in [5, 5.41) is 2.91. The van der Waals surface area contributed by atoms with Crippen molar-refractivity contribution in [2.45, 2.75) is 50.6 Å². The van der Waals surface area contributed by atoms with Gasteiger partial charge in [-0.1, -0.05) is 25.3 Å². The van der Waals surface area contributed by atoms with Crippen molar-refractivity contribution in [1.29, 1.82) is 0 Å². The average molecular weight is 282 g/mol. The molecule has 5 heteroatoms. The normalized spacial score (nSPS) is 23.1. The lowest BCUT2D eigenvalue weighted by Crippen LogP contribution is -2.47. The van der Waals surface area contributed by atoms with E-state index in [9.17, 15) is 13.6 Å². The van der Waals surface area contributed by atoms with Crippen molar-refractivity contribution in [2.24, 2.45) is 5.73 Å². The first kappa shape index (κ1) is 14.9. The molecule has 1 fully saturated rings. The van der Waals surface area contributed by atoms with E-state index in [4.69, 9.17) is 5.73 Å². The molecule has 1 aromatic carbocycles. The topological polar surface area (TPSA) is 55.1 Å². The number of halogens is 2. The number of carbonyl (C=O) groups is 1. The first-order chi connectivity index (χ1) is 9.56. The van der Waals surface area contributed by atoms with Gasteiger partial charge in [-0.15, -0.1) is 0 Å². The Bertz CT molecular complexity index is 479. The summed E-state index contributed by atoms with van der Waals surface area (Å²) in [5.74, 6) is -2.03. The standard InChI is InChI=1S/C15H20F2N2O/c16-11-7-6-10(8-12(11)17)9-15(20)19-14-5-3-1-2-4-13(14)18/h6-8,13-14H,1-5,9,18H2,(H,19,20). The van der Waals surface area contributed by atoms with Crippen molar-refractivity contribution in [3.05, 3.63) is 35.4 Å². The number of hydrogen-bond acceptors (Lipinski definition) is 2. The van der Waals surface area contributed by atoms with Crippen LogP contribution in [0.1, 0.15) is 37.7 Å². The third-order valence-electron chi connectivity index (χ3n) is 3.76. The van der Waals surface area contributed by atoms with Gasteiger partial charge in [-0.25, -0.2) is 8.78 Å². The molecule has 3 N–H and O–H groups in total. The van der Waals surface area contributed by atoms with Crippen LogP contribution in [0.15, 0.2) is 18.2 Å². The molecule has 2 rings (SSSR count). The molecule has 0 bridgehead atoms. The highest BCUT2D eigenvalue weighted by molar-refractivity contribution is 5.78. The lowest BCUT2D eigenvalue weighted by atomic mass is 10.0. The lowest BCUT2D eigenvalue weighted by Gasteiger charge is -2.22. The summed E-state index contributed by atoms with van der Waals surface area (Å²) < 4.78 is 25.9. The fourth-order valence-electron chi connectivity index (χ4n) is 2.61. The molecule has 2 atom stereocenters. The summed E-state index contributed by atoms with van der Waals surface area (Å²) >= 11 is 0. The van der Waals surface area contributed by atoms with E-state index in [1.54, 1.807) is 0 Å². The fourth-order valence-corrected chi connectivity index (χ4v) is 2.61. The Hall–Kier alpha value is -1.49. The molecular formula is C15H20F2N2O. The zero-order valence-electron chi connectivity index (χ0n) is 11.4. The summed E-state index contributed by atoms with van der Waals surface area (Å²) in [6.07, 6.45) is 5.13. The molecule has 0 saturated heterocycles. The van der Waals surface area contributed by atoms with E-state index in [1.165, 1.54) is 6.07 Å². The summed E-state index contributed by atoms with van der Waals surface area (Å²) in [5.41, 5.74) is 6.50. The van der Waals surface area contributed by atoms with Crippen molar-refractivity contribution in [2.75, 3.05) is 0 Å². The minimum absolute atomic E-state index is 0.0182. The van der Waals surface area contributed by atoms with Gasteiger partial charge in [-0.2, -0.15) is 0 Å². The Kier molecular flexibility index (Phi) is 5.06. The van der Waals surface area contributed by atoms with E-state index >= 15 is 0 Å². The maximum Gasteiger partial charge on any atom is 0.224 e. The lowest BCUT2D eigenvalue weighted by molar-refractivity contribution is -0.121. The van der Waals surface area contributed by atoms with Crippen LogP contribution in [-0.4, -0.2) is 18.0 Å². The van der Waals surface area contributed by atoms with E-state index < -0.39 is 11.6 Å². The number of hydrogen-bond donors (Lipinski definition) is 2. The SMILES string of the molecule is NC1CCCCCC1NC(=O)Cc1ccc(F)c(F)c1.